The van der Waals surface area contributed by atoms with Crippen molar-refractivity contribution in [2.45, 2.75) is 32.7 Å². The summed E-state index contributed by atoms with van der Waals surface area (Å²) in [5.41, 5.74) is 1.57. The van der Waals surface area contributed by atoms with Gasteiger partial charge < -0.3 is 15.0 Å². The molecule has 5 nitrogen and oxygen atoms in total. The molecule has 0 fully saturated rings. The van der Waals surface area contributed by atoms with E-state index in [1.807, 2.05) is 6.92 Å². The number of halogens is 1. The first-order valence-corrected chi connectivity index (χ1v) is 7.47. The van der Waals surface area contributed by atoms with E-state index in [-0.39, 0.29) is 24.3 Å². The summed E-state index contributed by atoms with van der Waals surface area (Å²) in [5.74, 6) is -0.330. The van der Waals surface area contributed by atoms with Crippen LogP contribution < -0.4 is 10.2 Å². The summed E-state index contributed by atoms with van der Waals surface area (Å²) in [5, 5.41) is 3.80. The fraction of sp³-hybridized carbons (Fsp3) is 0.467. The number of nitrogens with zero attached hydrogens (tertiary/aromatic N) is 1. The number of rotatable bonds is 5. The summed E-state index contributed by atoms with van der Waals surface area (Å²) in [6.45, 7) is 4.36. The van der Waals surface area contributed by atoms with Crippen molar-refractivity contribution in [3.8, 4) is 0 Å². The van der Waals surface area contributed by atoms with Gasteiger partial charge in [-0.15, -0.1) is 0 Å². The lowest BCUT2D eigenvalue weighted by molar-refractivity contribution is -0.142. The average Bonchev–Trinajstić information content (AvgIpc) is 2.46. The van der Waals surface area contributed by atoms with Crippen LogP contribution in [0.25, 0.3) is 0 Å². The standard InChI is InChI=1S/C15H19ClN2O3/c1-3-11-15(20)18(8-7-14(19)21-4-2)13-6-5-10(16)9-12(13)17-11/h5-6,9,11,17H,3-4,7-8H2,1-2H3. The van der Waals surface area contributed by atoms with Crippen molar-refractivity contribution < 1.29 is 14.3 Å². The molecule has 0 aromatic heterocycles. The molecular weight excluding hydrogens is 292 g/mol. The van der Waals surface area contributed by atoms with Crippen LogP contribution in [0.4, 0.5) is 11.4 Å². The van der Waals surface area contributed by atoms with Gasteiger partial charge in [-0.3, -0.25) is 9.59 Å². The summed E-state index contributed by atoms with van der Waals surface area (Å²) in [6, 6.07) is 5.03. The van der Waals surface area contributed by atoms with Gasteiger partial charge in [0.05, 0.1) is 24.4 Å². The summed E-state index contributed by atoms with van der Waals surface area (Å²) < 4.78 is 4.91. The molecule has 6 heteroatoms. The summed E-state index contributed by atoms with van der Waals surface area (Å²) in [7, 11) is 0. The van der Waals surface area contributed by atoms with Crippen LogP contribution in [-0.2, 0) is 14.3 Å². The molecule has 1 unspecified atom stereocenters. The predicted molar refractivity (Wildman–Crippen MR) is 82.8 cm³/mol. The Bertz CT molecular complexity index is 548. The summed E-state index contributed by atoms with van der Waals surface area (Å²) >= 11 is 6.00. The van der Waals surface area contributed by atoms with Crippen LogP contribution in [-0.4, -0.2) is 31.1 Å². The second kappa shape index (κ2) is 6.80. The summed E-state index contributed by atoms with van der Waals surface area (Å²) in [6.07, 6.45) is 0.846. The van der Waals surface area contributed by atoms with E-state index in [9.17, 15) is 9.59 Å². The molecule has 1 aliphatic rings. The van der Waals surface area contributed by atoms with Gasteiger partial charge in [0.25, 0.3) is 0 Å². The van der Waals surface area contributed by atoms with Gasteiger partial charge in [0, 0.05) is 11.6 Å². The lowest BCUT2D eigenvalue weighted by Crippen LogP contribution is -2.47. The van der Waals surface area contributed by atoms with Crippen LogP contribution in [0.1, 0.15) is 26.7 Å². The molecule has 0 saturated heterocycles. The Morgan fingerprint density at radius 1 is 1.43 bits per heavy atom. The van der Waals surface area contributed by atoms with Crippen molar-refractivity contribution >= 4 is 34.9 Å². The maximum Gasteiger partial charge on any atom is 0.307 e. The molecule has 1 N–H and O–H groups in total. The van der Waals surface area contributed by atoms with Gasteiger partial charge in [-0.25, -0.2) is 0 Å². The van der Waals surface area contributed by atoms with E-state index in [2.05, 4.69) is 5.32 Å². The zero-order chi connectivity index (χ0) is 15.4. The molecule has 1 aromatic rings. The number of anilines is 2. The third-order valence-electron chi connectivity index (χ3n) is 3.40. The Balaban J connectivity index is 2.21. The maximum atomic E-state index is 12.5. The summed E-state index contributed by atoms with van der Waals surface area (Å²) in [4.78, 5) is 25.6. The Kier molecular flexibility index (Phi) is 5.07. The maximum absolute atomic E-state index is 12.5. The number of amides is 1. The number of carbonyl (C=O) groups excluding carboxylic acids is 2. The topological polar surface area (TPSA) is 58.6 Å². The highest BCUT2D eigenvalue weighted by molar-refractivity contribution is 6.31. The number of nitrogens with one attached hydrogen (secondary N) is 1. The minimum Gasteiger partial charge on any atom is -0.466 e. The van der Waals surface area contributed by atoms with Crippen LogP contribution in [0, 0.1) is 0 Å². The van der Waals surface area contributed by atoms with Crippen molar-refractivity contribution in [1.82, 2.24) is 0 Å². The quantitative estimate of drug-likeness (QED) is 0.850. The molecule has 0 bridgehead atoms. The number of fused-ring (bicyclic) bond motifs is 1. The van der Waals surface area contributed by atoms with Crippen molar-refractivity contribution in [3.05, 3.63) is 23.2 Å². The molecule has 1 amide bonds. The van der Waals surface area contributed by atoms with E-state index in [1.165, 1.54) is 0 Å². The molecule has 1 heterocycles. The Morgan fingerprint density at radius 3 is 2.86 bits per heavy atom. The fourth-order valence-corrected chi connectivity index (χ4v) is 2.53. The third-order valence-corrected chi connectivity index (χ3v) is 3.63. The molecule has 0 saturated carbocycles. The van der Waals surface area contributed by atoms with Crippen molar-refractivity contribution in [3.63, 3.8) is 0 Å². The molecule has 1 aromatic carbocycles. The SMILES string of the molecule is CCOC(=O)CCN1C(=O)C(CC)Nc2cc(Cl)ccc21. The van der Waals surface area contributed by atoms with Gasteiger partial charge in [0.1, 0.15) is 6.04 Å². The molecular formula is C15H19ClN2O3. The smallest absolute Gasteiger partial charge is 0.307 e. The van der Waals surface area contributed by atoms with Gasteiger partial charge >= 0.3 is 5.97 Å². The Hall–Kier alpha value is -1.75. The molecule has 21 heavy (non-hydrogen) atoms. The monoisotopic (exact) mass is 310 g/mol. The highest BCUT2D eigenvalue weighted by Crippen LogP contribution is 2.34. The van der Waals surface area contributed by atoms with Crippen molar-refractivity contribution in [1.29, 1.82) is 0 Å². The second-order valence-corrected chi connectivity index (χ2v) is 5.25. The second-order valence-electron chi connectivity index (χ2n) is 4.81. The van der Waals surface area contributed by atoms with Crippen LogP contribution in [0.15, 0.2) is 18.2 Å². The molecule has 2 rings (SSSR count). The van der Waals surface area contributed by atoms with E-state index in [0.29, 0.717) is 24.6 Å². The molecule has 1 atom stereocenters. The molecule has 0 spiro atoms. The predicted octanol–water partition coefficient (Wildman–Crippen LogP) is 2.83. The highest BCUT2D eigenvalue weighted by atomic mass is 35.5. The third kappa shape index (κ3) is 3.47. The van der Waals surface area contributed by atoms with Crippen molar-refractivity contribution in [2.75, 3.05) is 23.4 Å². The normalized spacial score (nSPS) is 17.2. The van der Waals surface area contributed by atoms with Gasteiger partial charge in [-0.05, 0) is 31.5 Å². The number of ether oxygens (including phenoxy) is 1. The van der Waals surface area contributed by atoms with Crippen LogP contribution in [0.2, 0.25) is 5.02 Å². The minimum absolute atomic E-state index is 0.0309. The molecule has 1 aliphatic heterocycles. The highest BCUT2D eigenvalue weighted by Gasteiger charge is 2.31. The van der Waals surface area contributed by atoms with Gasteiger partial charge in [0.15, 0.2) is 0 Å². The minimum atomic E-state index is -0.299. The number of benzene rings is 1. The molecule has 114 valence electrons. The van der Waals surface area contributed by atoms with Gasteiger partial charge in [-0.1, -0.05) is 18.5 Å². The number of hydrogen-bond donors (Lipinski definition) is 1. The Labute approximate surface area is 129 Å². The first-order valence-electron chi connectivity index (χ1n) is 7.09. The van der Waals surface area contributed by atoms with Gasteiger partial charge in [-0.2, -0.15) is 0 Å². The van der Waals surface area contributed by atoms with E-state index in [4.69, 9.17) is 16.3 Å². The van der Waals surface area contributed by atoms with E-state index in [0.717, 1.165) is 11.4 Å². The molecule has 0 radical (unpaired) electrons. The lowest BCUT2D eigenvalue weighted by Gasteiger charge is -2.35. The van der Waals surface area contributed by atoms with E-state index >= 15 is 0 Å². The number of esters is 1. The number of carbonyl (C=O) groups is 2. The largest absolute Gasteiger partial charge is 0.466 e. The molecule has 0 aliphatic carbocycles. The first-order chi connectivity index (χ1) is 10.1. The number of hydrogen-bond acceptors (Lipinski definition) is 4. The van der Waals surface area contributed by atoms with Gasteiger partial charge in [0.2, 0.25) is 5.91 Å². The van der Waals surface area contributed by atoms with Crippen LogP contribution in [0.3, 0.4) is 0 Å². The van der Waals surface area contributed by atoms with Crippen LogP contribution in [0.5, 0.6) is 0 Å². The Morgan fingerprint density at radius 2 is 2.19 bits per heavy atom. The zero-order valence-corrected chi connectivity index (χ0v) is 12.9. The van der Waals surface area contributed by atoms with Crippen LogP contribution >= 0.6 is 11.6 Å². The average molecular weight is 311 g/mol. The van der Waals surface area contributed by atoms with E-state index < -0.39 is 0 Å². The first kappa shape index (κ1) is 15.6. The fourth-order valence-electron chi connectivity index (χ4n) is 2.36. The van der Waals surface area contributed by atoms with Crippen molar-refractivity contribution in [2.24, 2.45) is 0 Å². The lowest BCUT2D eigenvalue weighted by atomic mass is 10.1. The van der Waals surface area contributed by atoms with E-state index in [1.54, 1.807) is 30.0 Å². The zero-order valence-electron chi connectivity index (χ0n) is 12.2.